The Kier molecular flexibility index (Phi) is 3.22. The molecule has 0 amide bonds. The fourth-order valence-corrected chi connectivity index (χ4v) is 3.22. The highest BCUT2D eigenvalue weighted by atomic mass is 32.2. The van der Waals surface area contributed by atoms with Gasteiger partial charge < -0.3 is 18.9 Å². The lowest BCUT2D eigenvalue weighted by molar-refractivity contribution is -0.272. The molecule has 6 atom stereocenters. The van der Waals surface area contributed by atoms with Crippen molar-refractivity contribution in [2.24, 2.45) is 0 Å². The van der Waals surface area contributed by atoms with Crippen LogP contribution in [0.4, 0.5) is 0 Å². The minimum Gasteiger partial charge on any atom is -0.353 e. The van der Waals surface area contributed by atoms with E-state index in [2.05, 4.69) is 0 Å². The van der Waals surface area contributed by atoms with E-state index in [0.717, 1.165) is 0 Å². The Balaban J connectivity index is 1.85. The van der Waals surface area contributed by atoms with Crippen molar-refractivity contribution in [3.05, 3.63) is 0 Å². The van der Waals surface area contributed by atoms with Crippen molar-refractivity contribution < 1.29 is 31.5 Å². The lowest BCUT2D eigenvalue weighted by atomic mass is 9.99. The maximum absolute atomic E-state index is 11.3. The van der Waals surface area contributed by atoms with E-state index in [9.17, 15) is 4.21 Å². The fourth-order valence-electron chi connectivity index (χ4n) is 2.50. The molecule has 0 spiro atoms. The predicted molar refractivity (Wildman–Crippen MR) is 58.5 cm³/mol. The van der Waals surface area contributed by atoms with Crippen LogP contribution < -0.4 is 0 Å². The summed E-state index contributed by atoms with van der Waals surface area (Å²) < 4.78 is 44.0. The molecule has 0 saturated carbocycles. The molecule has 0 aliphatic carbocycles. The molecule has 0 aromatic carbocycles. The molecule has 3 rings (SSSR count). The first kappa shape index (κ1) is 12.9. The maximum Gasteiger partial charge on any atom is 0.305 e. The Morgan fingerprint density at radius 1 is 1.22 bits per heavy atom. The van der Waals surface area contributed by atoms with Crippen LogP contribution in [0.2, 0.25) is 0 Å². The van der Waals surface area contributed by atoms with E-state index < -0.39 is 35.6 Å². The number of fused-ring (bicyclic) bond motifs is 3. The zero-order chi connectivity index (χ0) is 12.9. The second kappa shape index (κ2) is 4.48. The van der Waals surface area contributed by atoms with Crippen LogP contribution in [-0.4, -0.2) is 54.4 Å². The molecule has 0 aromatic heterocycles. The quantitative estimate of drug-likeness (QED) is 0.662. The van der Waals surface area contributed by atoms with Gasteiger partial charge >= 0.3 is 11.4 Å². The molecule has 7 nitrogen and oxygen atoms in total. The average molecular weight is 280 g/mol. The minimum absolute atomic E-state index is 0.185. The molecular weight excluding hydrogens is 264 g/mol. The van der Waals surface area contributed by atoms with E-state index in [0.29, 0.717) is 0 Å². The van der Waals surface area contributed by atoms with Crippen molar-refractivity contribution in [2.45, 2.75) is 50.3 Å². The lowest BCUT2D eigenvalue weighted by Gasteiger charge is -2.42. The highest BCUT2D eigenvalue weighted by Crippen LogP contribution is 2.40. The summed E-state index contributed by atoms with van der Waals surface area (Å²) in [5.41, 5.74) is 0. The molecule has 3 aliphatic rings. The number of hydrogen-bond acceptors (Lipinski definition) is 7. The van der Waals surface area contributed by atoms with E-state index in [4.69, 9.17) is 27.3 Å². The summed E-state index contributed by atoms with van der Waals surface area (Å²) in [5, 5.41) is 0. The normalized spacial score (nSPS) is 50.6. The second-order valence-electron chi connectivity index (χ2n) is 4.89. The summed E-state index contributed by atoms with van der Waals surface area (Å²) in [6.07, 6.45) is -2.17. The van der Waals surface area contributed by atoms with Gasteiger partial charge in [0.1, 0.15) is 24.4 Å². The van der Waals surface area contributed by atoms with Gasteiger partial charge in [-0.05, 0) is 13.8 Å². The summed E-state index contributed by atoms with van der Waals surface area (Å²) in [6.45, 7) is 3.80. The Morgan fingerprint density at radius 2 is 1.94 bits per heavy atom. The highest BCUT2D eigenvalue weighted by molar-refractivity contribution is 7.75. The first-order valence-electron chi connectivity index (χ1n) is 5.76. The third-order valence-electron chi connectivity index (χ3n) is 3.18. The fraction of sp³-hybridized carbons (Fsp3) is 1.00. The van der Waals surface area contributed by atoms with Gasteiger partial charge in [-0.25, -0.2) is 0 Å². The van der Waals surface area contributed by atoms with Crippen LogP contribution >= 0.6 is 0 Å². The summed E-state index contributed by atoms with van der Waals surface area (Å²) in [6, 6.07) is 0. The summed E-state index contributed by atoms with van der Waals surface area (Å²) in [4.78, 5) is 0. The Hall–Kier alpha value is -0.0900. The molecule has 3 heterocycles. The van der Waals surface area contributed by atoms with E-state index in [1.165, 1.54) is 0 Å². The van der Waals surface area contributed by atoms with Crippen LogP contribution in [0.1, 0.15) is 13.8 Å². The monoisotopic (exact) mass is 280 g/mol. The molecule has 3 fully saturated rings. The number of ether oxygens (including phenoxy) is 4. The zero-order valence-corrected chi connectivity index (χ0v) is 11.2. The third-order valence-corrected chi connectivity index (χ3v) is 3.89. The van der Waals surface area contributed by atoms with Gasteiger partial charge in [-0.15, -0.1) is 0 Å². The van der Waals surface area contributed by atoms with E-state index in [-0.39, 0.29) is 18.8 Å². The van der Waals surface area contributed by atoms with E-state index in [1.807, 2.05) is 13.8 Å². The van der Waals surface area contributed by atoms with Gasteiger partial charge in [0.25, 0.3) is 0 Å². The summed E-state index contributed by atoms with van der Waals surface area (Å²) in [5.74, 6) is -0.743. The van der Waals surface area contributed by atoms with Gasteiger partial charge in [-0.3, -0.25) is 8.37 Å². The largest absolute Gasteiger partial charge is 0.353 e. The topological polar surface area (TPSA) is 72.5 Å². The van der Waals surface area contributed by atoms with Crippen molar-refractivity contribution in [3.63, 3.8) is 0 Å². The second-order valence-corrected chi connectivity index (χ2v) is 5.73. The zero-order valence-electron chi connectivity index (χ0n) is 10.4. The SMILES string of the molecule is CO[C@H]1O[C@@H]2CO[S@](=O)O[C@H]2[C@@H]2OC(C)(C)O[C@H]12. The molecule has 0 radical (unpaired) electrons. The van der Waals surface area contributed by atoms with Gasteiger partial charge in [-0.1, -0.05) is 0 Å². The van der Waals surface area contributed by atoms with Gasteiger partial charge in [0, 0.05) is 7.11 Å². The molecule has 3 saturated heterocycles. The third kappa shape index (κ3) is 2.11. The summed E-state index contributed by atoms with van der Waals surface area (Å²) >= 11 is -1.76. The Bertz CT molecular complexity index is 360. The van der Waals surface area contributed by atoms with Crippen LogP contribution in [0.25, 0.3) is 0 Å². The molecule has 0 unspecified atom stereocenters. The first-order chi connectivity index (χ1) is 8.50. The van der Waals surface area contributed by atoms with Crippen molar-refractivity contribution >= 4 is 11.4 Å². The van der Waals surface area contributed by atoms with Crippen LogP contribution in [0.5, 0.6) is 0 Å². The van der Waals surface area contributed by atoms with E-state index in [1.54, 1.807) is 7.11 Å². The van der Waals surface area contributed by atoms with Crippen LogP contribution in [0.3, 0.4) is 0 Å². The van der Waals surface area contributed by atoms with Crippen molar-refractivity contribution in [2.75, 3.05) is 13.7 Å². The van der Waals surface area contributed by atoms with Crippen LogP contribution in [0.15, 0.2) is 0 Å². The number of methoxy groups -OCH3 is 1. The molecular formula is C10H16O7S. The predicted octanol–water partition coefficient (Wildman–Crippen LogP) is -0.128. The van der Waals surface area contributed by atoms with Crippen molar-refractivity contribution in [1.29, 1.82) is 0 Å². The molecule has 3 aliphatic heterocycles. The molecule has 0 bridgehead atoms. The first-order valence-corrected chi connectivity index (χ1v) is 6.76. The molecule has 18 heavy (non-hydrogen) atoms. The van der Waals surface area contributed by atoms with Crippen molar-refractivity contribution in [3.8, 4) is 0 Å². The average Bonchev–Trinajstić information content (AvgIpc) is 2.64. The molecule has 8 heteroatoms. The minimum atomic E-state index is -1.76. The Labute approximate surface area is 107 Å². The molecule has 104 valence electrons. The Morgan fingerprint density at radius 3 is 2.67 bits per heavy atom. The number of rotatable bonds is 1. The standard InChI is InChI=1S/C10H16O7S/c1-10(2)15-7-6-5(4-13-18(11)17-6)14-9(12-3)8(7)16-10/h5-9H,4H2,1-3H3/t5-,6-,7+,8+,9+,18+/m1/s1. The van der Waals surface area contributed by atoms with Gasteiger partial charge in [-0.2, -0.15) is 4.21 Å². The van der Waals surface area contributed by atoms with Gasteiger partial charge in [0.15, 0.2) is 12.1 Å². The van der Waals surface area contributed by atoms with Crippen LogP contribution in [0, 0.1) is 0 Å². The van der Waals surface area contributed by atoms with Crippen molar-refractivity contribution in [1.82, 2.24) is 0 Å². The van der Waals surface area contributed by atoms with E-state index >= 15 is 0 Å². The molecule has 0 aromatic rings. The highest BCUT2D eigenvalue weighted by Gasteiger charge is 2.57. The van der Waals surface area contributed by atoms with Gasteiger partial charge in [0.2, 0.25) is 0 Å². The summed E-state index contributed by atoms with van der Waals surface area (Å²) in [7, 11) is 1.54. The smallest absolute Gasteiger partial charge is 0.305 e. The van der Waals surface area contributed by atoms with Crippen LogP contribution in [-0.2, 0) is 38.7 Å². The maximum atomic E-state index is 11.3. The lowest BCUT2D eigenvalue weighted by Crippen LogP contribution is -2.60. The van der Waals surface area contributed by atoms with Gasteiger partial charge in [0.05, 0.1) is 6.61 Å². The number of hydrogen-bond donors (Lipinski definition) is 0. The molecule has 0 N–H and O–H groups in total.